The van der Waals surface area contributed by atoms with Crippen LogP contribution in [0, 0.1) is 0 Å². The first-order valence-electron chi connectivity index (χ1n) is 5.61. The van der Waals surface area contributed by atoms with Crippen LogP contribution in [0.3, 0.4) is 0 Å². The van der Waals surface area contributed by atoms with Gasteiger partial charge in [-0.3, -0.25) is 4.79 Å². The van der Waals surface area contributed by atoms with Gasteiger partial charge >= 0.3 is 0 Å². The lowest BCUT2D eigenvalue weighted by Gasteiger charge is -2.09. The fourth-order valence-corrected chi connectivity index (χ4v) is 3.25. The van der Waals surface area contributed by atoms with E-state index in [9.17, 15) is 4.79 Å². The Morgan fingerprint density at radius 3 is 2.45 bits per heavy atom. The zero-order valence-corrected chi connectivity index (χ0v) is 15.2. The third-order valence-corrected chi connectivity index (χ3v) is 4.39. The van der Waals surface area contributed by atoms with E-state index in [2.05, 4.69) is 53.1 Å². The van der Waals surface area contributed by atoms with Gasteiger partial charge in [0.05, 0.1) is 17.1 Å². The molecule has 20 heavy (non-hydrogen) atoms. The molecule has 0 bridgehead atoms. The van der Waals surface area contributed by atoms with Gasteiger partial charge in [0.25, 0.3) is 5.91 Å². The van der Waals surface area contributed by atoms with Crippen molar-refractivity contribution >= 4 is 59.4 Å². The predicted molar refractivity (Wildman–Crippen MR) is 90.5 cm³/mol. The second kappa shape index (κ2) is 6.74. The molecule has 0 fully saturated rings. The first-order chi connectivity index (χ1) is 9.51. The summed E-state index contributed by atoms with van der Waals surface area (Å²) in [6.45, 7) is 0. The molecule has 0 aliphatic rings. The lowest BCUT2D eigenvalue weighted by molar-refractivity contribution is 0.102. The zero-order valence-electron chi connectivity index (χ0n) is 10.4. The molecule has 0 spiro atoms. The van der Waals surface area contributed by atoms with Crippen LogP contribution in [0.2, 0.25) is 0 Å². The van der Waals surface area contributed by atoms with Crippen LogP contribution in [-0.4, -0.2) is 13.0 Å². The zero-order chi connectivity index (χ0) is 14.7. The minimum atomic E-state index is -0.186. The van der Waals surface area contributed by atoms with Crippen molar-refractivity contribution in [2.45, 2.75) is 0 Å². The molecule has 0 aromatic heterocycles. The standard InChI is InChI=1S/C14H10Br3NO2/c1-20-13-7-9(3-5-11(13)16)18-14(19)10-4-2-8(15)6-12(10)17/h2-7H,1H3,(H,18,19). The van der Waals surface area contributed by atoms with Crippen molar-refractivity contribution in [3.8, 4) is 5.75 Å². The maximum Gasteiger partial charge on any atom is 0.256 e. The molecule has 0 heterocycles. The SMILES string of the molecule is COc1cc(NC(=O)c2ccc(Br)cc2Br)ccc1Br. The maximum atomic E-state index is 12.2. The van der Waals surface area contributed by atoms with Gasteiger partial charge < -0.3 is 10.1 Å². The van der Waals surface area contributed by atoms with E-state index < -0.39 is 0 Å². The van der Waals surface area contributed by atoms with Gasteiger partial charge in [0, 0.05) is 20.7 Å². The molecule has 0 aliphatic carbocycles. The molecule has 0 unspecified atom stereocenters. The van der Waals surface area contributed by atoms with Crippen molar-refractivity contribution in [1.82, 2.24) is 0 Å². The number of amides is 1. The Kier molecular flexibility index (Phi) is 5.23. The highest BCUT2D eigenvalue weighted by molar-refractivity contribution is 9.11. The highest BCUT2D eigenvalue weighted by Gasteiger charge is 2.11. The third-order valence-electron chi connectivity index (χ3n) is 2.58. The minimum absolute atomic E-state index is 0.186. The van der Waals surface area contributed by atoms with Crippen LogP contribution >= 0.6 is 47.8 Å². The van der Waals surface area contributed by atoms with Crippen LogP contribution in [0.4, 0.5) is 5.69 Å². The second-order valence-corrected chi connectivity index (χ2v) is 6.55. The molecule has 0 saturated heterocycles. The summed E-state index contributed by atoms with van der Waals surface area (Å²) in [5.74, 6) is 0.478. The fourth-order valence-electron chi connectivity index (χ4n) is 1.61. The Morgan fingerprint density at radius 2 is 1.80 bits per heavy atom. The number of nitrogens with one attached hydrogen (secondary N) is 1. The number of rotatable bonds is 3. The molecule has 0 aliphatic heterocycles. The van der Waals surface area contributed by atoms with E-state index in [1.54, 1.807) is 25.3 Å². The van der Waals surface area contributed by atoms with E-state index in [1.165, 1.54) is 0 Å². The fraction of sp³-hybridized carbons (Fsp3) is 0.0714. The van der Waals surface area contributed by atoms with Gasteiger partial charge in [-0.15, -0.1) is 0 Å². The van der Waals surface area contributed by atoms with Crippen molar-refractivity contribution < 1.29 is 9.53 Å². The molecule has 0 atom stereocenters. The molecule has 0 saturated carbocycles. The number of anilines is 1. The van der Waals surface area contributed by atoms with Gasteiger partial charge in [0.1, 0.15) is 5.75 Å². The topological polar surface area (TPSA) is 38.3 Å². The summed E-state index contributed by atoms with van der Waals surface area (Å²) in [5, 5.41) is 2.84. The van der Waals surface area contributed by atoms with Crippen molar-refractivity contribution in [2.75, 3.05) is 12.4 Å². The van der Waals surface area contributed by atoms with Gasteiger partial charge in [0.15, 0.2) is 0 Å². The van der Waals surface area contributed by atoms with Crippen LogP contribution in [0.15, 0.2) is 49.8 Å². The van der Waals surface area contributed by atoms with E-state index in [4.69, 9.17) is 4.74 Å². The quantitative estimate of drug-likeness (QED) is 0.676. The van der Waals surface area contributed by atoms with Crippen molar-refractivity contribution in [3.63, 3.8) is 0 Å². The minimum Gasteiger partial charge on any atom is -0.495 e. The largest absolute Gasteiger partial charge is 0.495 e. The normalized spacial score (nSPS) is 10.2. The van der Waals surface area contributed by atoms with Crippen molar-refractivity contribution in [3.05, 3.63) is 55.4 Å². The average Bonchev–Trinajstić information content (AvgIpc) is 2.40. The number of ether oxygens (including phenoxy) is 1. The Balaban J connectivity index is 2.23. The highest BCUT2D eigenvalue weighted by Crippen LogP contribution is 2.29. The smallest absolute Gasteiger partial charge is 0.256 e. The molecule has 1 amide bonds. The van der Waals surface area contributed by atoms with Gasteiger partial charge in [0.2, 0.25) is 0 Å². The lowest BCUT2D eigenvalue weighted by atomic mass is 10.2. The average molecular weight is 464 g/mol. The predicted octanol–water partition coefficient (Wildman–Crippen LogP) is 5.24. The Labute approximate surface area is 142 Å². The van der Waals surface area contributed by atoms with Gasteiger partial charge in [-0.05, 0) is 62.2 Å². The highest BCUT2D eigenvalue weighted by atomic mass is 79.9. The van der Waals surface area contributed by atoms with Crippen LogP contribution in [0.1, 0.15) is 10.4 Å². The summed E-state index contributed by atoms with van der Waals surface area (Å²) < 4.78 is 7.67. The van der Waals surface area contributed by atoms with Crippen LogP contribution < -0.4 is 10.1 Å². The second-order valence-electron chi connectivity index (χ2n) is 3.93. The maximum absolute atomic E-state index is 12.2. The molecular weight excluding hydrogens is 454 g/mol. The third kappa shape index (κ3) is 3.62. The molecule has 1 N–H and O–H groups in total. The van der Waals surface area contributed by atoms with Crippen LogP contribution in [0.25, 0.3) is 0 Å². The van der Waals surface area contributed by atoms with E-state index in [0.29, 0.717) is 17.0 Å². The number of carbonyl (C=O) groups is 1. The van der Waals surface area contributed by atoms with Gasteiger partial charge in [-0.25, -0.2) is 0 Å². The lowest BCUT2D eigenvalue weighted by Crippen LogP contribution is -2.12. The summed E-state index contributed by atoms with van der Waals surface area (Å²) in [6.07, 6.45) is 0. The molecule has 2 aromatic rings. The van der Waals surface area contributed by atoms with E-state index in [1.807, 2.05) is 18.2 Å². The van der Waals surface area contributed by atoms with Crippen molar-refractivity contribution in [2.24, 2.45) is 0 Å². The Bertz CT molecular complexity index is 659. The van der Waals surface area contributed by atoms with Gasteiger partial charge in [-0.2, -0.15) is 0 Å². The summed E-state index contributed by atoms with van der Waals surface area (Å²) in [4.78, 5) is 12.2. The van der Waals surface area contributed by atoms with E-state index in [-0.39, 0.29) is 5.91 Å². The molecule has 2 rings (SSSR count). The number of benzene rings is 2. The summed E-state index contributed by atoms with van der Waals surface area (Å²) in [7, 11) is 1.58. The van der Waals surface area contributed by atoms with E-state index in [0.717, 1.165) is 13.4 Å². The summed E-state index contributed by atoms with van der Waals surface area (Å²) in [5.41, 5.74) is 1.24. The molecule has 3 nitrogen and oxygen atoms in total. The summed E-state index contributed by atoms with van der Waals surface area (Å²) in [6, 6.07) is 10.8. The number of carbonyl (C=O) groups excluding carboxylic acids is 1. The number of halogens is 3. The van der Waals surface area contributed by atoms with Crippen LogP contribution in [-0.2, 0) is 0 Å². The first-order valence-corrected chi connectivity index (χ1v) is 7.99. The molecule has 104 valence electrons. The van der Waals surface area contributed by atoms with E-state index >= 15 is 0 Å². The Hall–Kier alpha value is -0.850. The monoisotopic (exact) mass is 461 g/mol. The number of methoxy groups -OCH3 is 1. The Morgan fingerprint density at radius 1 is 1.05 bits per heavy atom. The molecular formula is C14H10Br3NO2. The summed E-state index contributed by atoms with van der Waals surface area (Å²) >= 11 is 10.1. The van der Waals surface area contributed by atoms with Crippen LogP contribution in [0.5, 0.6) is 5.75 Å². The number of hydrogen-bond acceptors (Lipinski definition) is 2. The number of hydrogen-bond donors (Lipinski definition) is 1. The first kappa shape index (κ1) is 15.5. The molecule has 0 radical (unpaired) electrons. The van der Waals surface area contributed by atoms with Gasteiger partial charge in [-0.1, -0.05) is 15.9 Å². The van der Waals surface area contributed by atoms with Crippen molar-refractivity contribution in [1.29, 1.82) is 0 Å². The molecule has 6 heteroatoms. The molecule has 2 aromatic carbocycles.